The second-order valence-electron chi connectivity index (χ2n) is 4.26. The Bertz CT molecular complexity index is 378. The molecule has 1 aliphatic heterocycles. The molecule has 0 spiro atoms. The maximum Gasteiger partial charge on any atom is 0.159 e. The number of hydrogen-bond acceptors (Lipinski definition) is 2. The van der Waals surface area contributed by atoms with Gasteiger partial charge in [0.05, 0.1) is 0 Å². The van der Waals surface area contributed by atoms with Crippen LogP contribution in [-0.4, -0.2) is 14.8 Å². The molecule has 0 unspecified atom stereocenters. The summed E-state index contributed by atoms with van der Waals surface area (Å²) in [7, 11) is 0. The van der Waals surface area contributed by atoms with Gasteiger partial charge >= 0.3 is 0 Å². The van der Waals surface area contributed by atoms with Crippen molar-refractivity contribution in [3.63, 3.8) is 0 Å². The molecule has 3 heteroatoms. The Kier molecular flexibility index (Phi) is 1.72. The third-order valence-corrected chi connectivity index (χ3v) is 3.63. The molecule has 2 atom stereocenters. The average Bonchev–Trinajstić information content (AvgIpc) is 2.77. The summed E-state index contributed by atoms with van der Waals surface area (Å²) in [6, 6.07) is 0.653. The Labute approximate surface area is 83.8 Å². The average molecular weight is 189 g/mol. The molecule has 2 heterocycles. The number of hydrogen-bond donors (Lipinski definition) is 0. The molecule has 1 aromatic heterocycles. The van der Waals surface area contributed by atoms with Crippen molar-refractivity contribution in [2.75, 3.05) is 0 Å². The second-order valence-corrected chi connectivity index (χ2v) is 4.26. The molecule has 0 aromatic carbocycles. The topological polar surface area (TPSA) is 30.7 Å². The molecule has 0 saturated heterocycles. The zero-order valence-electron chi connectivity index (χ0n) is 8.48. The van der Waals surface area contributed by atoms with Crippen LogP contribution in [0.3, 0.4) is 0 Å². The van der Waals surface area contributed by atoms with E-state index in [9.17, 15) is 0 Å². The first-order valence-electron chi connectivity index (χ1n) is 5.48. The molecule has 1 fully saturated rings. The van der Waals surface area contributed by atoms with Gasteiger partial charge in [-0.3, -0.25) is 0 Å². The Morgan fingerprint density at radius 1 is 1.43 bits per heavy atom. The van der Waals surface area contributed by atoms with E-state index in [0.717, 1.165) is 11.7 Å². The van der Waals surface area contributed by atoms with E-state index in [1.54, 1.807) is 0 Å². The summed E-state index contributed by atoms with van der Waals surface area (Å²) in [6.45, 7) is 2.12. The molecule has 1 aromatic rings. The van der Waals surface area contributed by atoms with E-state index in [1.807, 2.05) is 6.33 Å². The SMILES string of the molecule is C/C=C1\c2nncn2[C@@H]2CCCC[C@H]12. The molecule has 3 nitrogen and oxygen atoms in total. The van der Waals surface area contributed by atoms with Crippen molar-refractivity contribution in [3.8, 4) is 0 Å². The molecular formula is C11H15N3. The standard InChI is InChI=1S/C11H15N3/c1-2-8-9-5-3-4-6-10(9)14-7-12-13-11(8)14/h2,7,9-10H,3-6H2,1H3/b8-2-/t9-,10-/m1/s1. The number of aromatic nitrogens is 3. The Morgan fingerprint density at radius 2 is 2.29 bits per heavy atom. The van der Waals surface area contributed by atoms with E-state index >= 15 is 0 Å². The van der Waals surface area contributed by atoms with Gasteiger partial charge in [0, 0.05) is 12.0 Å². The molecule has 74 valence electrons. The van der Waals surface area contributed by atoms with Gasteiger partial charge in [-0.15, -0.1) is 10.2 Å². The highest BCUT2D eigenvalue weighted by molar-refractivity contribution is 5.65. The molecule has 0 amide bonds. The van der Waals surface area contributed by atoms with Gasteiger partial charge in [0.15, 0.2) is 5.82 Å². The summed E-state index contributed by atoms with van der Waals surface area (Å²) in [5.41, 5.74) is 1.42. The number of fused-ring (bicyclic) bond motifs is 3. The largest absolute Gasteiger partial charge is 0.310 e. The minimum absolute atomic E-state index is 0.653. The Morgan fingerprint density at radius 3 is 3.14 bits per heavy atom. The van der Waals surface area contributed by atoms with E-state index in [-0.39, 0.29) is 0 Å². The van der Waals surface area contributed by atoms with Crippen molar-refractivity contribution in [1.29, 1.82) is 0 Å². The number of rotatable bonds is 0. The van der Waals surface area contributed by atoms with E-state index in [1.165, 1.54) is 31.3 Å². The van der Waals surface area contributed by atoms with Crippen LogP contribution in [0.25, 0.3) is 5.57 Å². The summed E-state index contributed by atoms with van der Waals surface area (Å²) in [5.74, 6) is 1.84. The quantitative estimate of drug-likeness (QED) is 0.627. The first kappa shape index (κ1) is 8.21. The third kappa shape index (κ3) is 0.925. The molecule has 0 radical (unpaired) electrons. The molecule has 0 N–H and O–H groups in total. The van der Waals surface area contributed by atoms with Crippen LogP contribution in [0.5, 0.6) is 0 Å². The normalized spacial score (nSPS) is 33.1. The van der Waals surface area contributed by atoms with Gasteiger partial charge in [-0.05, 0) is 25.3 Å². The molecule has 3 rings (SSSR count). The molecule has 14 heavy (non-hydrogen) atoms. The van der Waals surface area contributed by atoms with Gasteiger partial charge in [-0.25, -0.2) is 0 Å². The molecule has 1 aliphatic carbocycles. The van der Waals surface area contributed by atoms with Gasteiger partial charge in [-0.2, -0.15) is 0 Å². The lowest BCUT2D eigenvalue weighted by atomic mass is 9.82. The first-order chi connectivity index (χ1) is 6.92. The second kappa shape index (κ2) is 2.94. The van der Waals surface area contributed by atoms with Crippen molar-refractivity contribution < 1.29 is 0 Å². The van der Waals surface area contributed by atoms with Crippen LogP contribution in [0.4, 0.5) is 0 Å². The summed E-state index contributed by atoms with van der Waals surface area (Å²) >= 11 is 0. The van der Waals surface area contributed by atoms with Gasteiger partial charge in [0.2, 0.25) is 0 Å². The summed E-state index contributed by atoms with van der Waals surface area (Å²) < 4.78 is 2.28. The molecular weight excluding hydrogens is 174 g/mol. The number of nitrogens with zero attached hydrogens (tertiary/aromatic N) is 3. The van der Waals surface area contributed by atoms with Crippen LogP contribution in [0.1, 0.15) is 44.5 Å². The lowest BCUT2D eigenvalue weighted by molar-refractivity contribution is 0.313. The number of allylic oxidation sites excluding steroid dienone is 2. The van der Waals surface area contributed by atoms with E-state index < -0.39 is 0 Å². The summed E-state index contributed by atoms with van der Waals surface area (Å²) in [4.78, 5) is 0. The zero-order chi connectivity index (χ0) is 9.54. The van der Waals surface area contributed by atoms with Crippen molar-refractivity contribution >= 4 is 5.57 Å². The highest BCUT2D eigenvalue weighted by Crippen LogP contribution is 2.47. The lowest BCUT2D eigenvalue weighted by Gasteiger charge is -2.26. The van der Waals surface area contributed by atoms with E-state index in [4.69, 9.17) is 0 Å². The van der Waals surface area contributed by atoms with Gasteiger partial charge in [0.25, 0.3) is 0 Å². The predicted octanol–water partition coefficient (Wildman–Crippen LogP) is 2.43. The van der Waals surface area contributed by atoms with Crippen LogP contribution >= 0.6 is 0 Å². The molecule has 0 bridgehead atoms. The minimum atomic E-state index is 0.653. The molecule has 2 aliphatic rings. The van der Waals surface area contributed by atoms with Crippen LogP contribution < -0.4 is 0 Å². The predicted molar refractivity (Wildman–Crippen MR) is 54.7 cm³/mol. The van der Waals surface area contributed by atoms with Gasteiger partial charge in [0.1, 0.15) is 6.33 Å². The summed E-state index contributed by atoms with van der Waals surface area (Å²) in [5, 5.41) is 8.22. The smallest absolute Gasteiger partial charge is 0.159 e. The molecule has 1 saturated carbocycles. The fourth-order valence-corrected chi connectivity index (χ4v) is 3.01. The fraction of sp³-hybridized carbons (Fsp3) is 0.636. The summed E-state index contributed by atoms with van der Waals surface area (Å²) in [6.07, 6.45) is 9.47. The van der Waals surface area contributed by atoms with Gasteiger partial charge < -0.3 is 4.57 Å². The van der Waals surface area contributed by atoms with Crippen molar-refractivity contribution in [3.05, 3.63) is 18.2 Å². The van der Waals surface area contributed by atoms with E-state index in [2.05, 4.69) is 27.8 Å². The van der Waals surface area contributed by atoms with Crippen molar-refractivity contribution in [2.24, 2.45) is 5.92 Å². The third-order valence-electron chi connectivity index (χ3n) is 3.63. The fourth-order valence-electron chi connectivity index (χ4n) is 3.01. The van der Waals surface area contributed by atoms with Crippen molar-refractivity contribution in [2.45, 2.75) is 38.6 Å². The van der Waals surface area contributed by atoms with Crippen LogP contribution in [0, 0.1) is 5.92 Å². The zero-order valence-corrected chi connectivity index (χ0v) is 8.48. The lowest BCUT2D eigenvalue weighted by Crippen LogP contribution is -2.16. The Hall–Kier alpha value is -1.12. The van der Waals surface area contributed by atoms with Crippen LogP contribution in [0.2, 0.25) is 0 Å². The Balaban J connectivity index is 2.10. The highest BCUT2D eigenvalue weighted by atomic mass is 15.3. The highest BCUT2D eigenvalue weighted by Gasteiger charge is 2.38. The van der Waals surface area contributed by atoms with Crippen LogP contribution in [-0.2, 0) is 0 Å². The first-order valence-corrected chi connectivity index (χ1v) is 5.48. The maximum atomic E-state index is 4.22. The minimum Gasteiger partial charge on any atom is -0.310 e. The van der Waals surface area contributed by atoms with Crippen molar-refractivity contribution in [1.82, 2.24) is 14.8 Å². The van der Waals surface area contributed by atoms with Crippen LogP contribution in [0.15, 0.2) is 12.4 Å². The monoisotopic (exact) mass is 189 g/mol. The van der Waals surface area contributed by atoms with E-state index in [0.29, 0.717) is 6.04 Å². The van der Waals surface area contributed by atoms with Gasteiger partial charge in [-0.1, -0.05) is 18.9 Å². The maximum absolute atomic E-state index is 4.22.